The summed E-state index contributed by atoms with van der Waals surface area (Å²) in [5.74, 6) is 0.529. The fourth-order valence-corrected chi connectivity index (χ4v) is 1.15. The van der Waals surface area contributed by atoms with Crippen LogP contribution < -0.4 is 0 Å². The maximum absolute atomic E-state index is 10.5. The largest absolute Gasteiger partial charge is 0.272 e. The van der Waals surface area contributed by atoms with E-state index in [4.69, 9.17) is 0 Å². The van der Waals surface area contributed by atoms with Crippen LogP contribution in [0.2, 0.25) is 0 Å². The summed E-state index contributed by atoms with van der Waals surface area (Å²) in [6.07, 6.45) is 0. The van der Waals surface area contributed by atoms with Gasteiger partial charge in [-0.25, -0.2) is 0 Å². The van der Waals surface area contributed by atoms with Crippen molar-refractivity contribution in [2.24, 2.45) is 0 Å². The van der Waals surface area contributed by atoms with Gasteiger partial charge < -0.3 is 0 Å². The van der Waals surface area contributed by atoms with Gasteiger partial charge in [0.1, 0.15) is 0 Å². The van der Waals surface area contributed by atoms with Gasteiger partial charge in [-0.15, -0.1) is 0 Å². The lowest BCUT2D eigenvalue weighted by Crippen LogP contribution is -1.92. The summed E-state index contributed by atoms with van der Waals surface area (Å²) in [5, 5.41) is 10.5. The minimum Gasteiger partial charge on any atom is -0.258 e. The quantitative estimate of drug-likeness (QED) is 0.434. The van der Waals surface area contributed by atoms with Crippen LogP contribution in [0.5, 0.6) is 0 Å². The van der Waals surface area contributed by atoms with E-state index in [2.05, 4.69) is 12.6 Å². The summed E-state index contributed by atoms with van der Waals surface area (Å²) in [4.78, 5) is 10.1. The summed E-state index contributed by atoms with van der Waals surface area (Å²) >= 11 is 4.04. The van der Waals surface area contributed by atoms with E-state index in [1.54, 1.807) is 19.1 Å². The van der Waals surface area contributed by atoms with Crippen LogP contribution in [0.4, 0.5) is 5.69 Å². The second-order valence-corrected chi connectivity index (χ2v) is 2.85. The standard InChI is InChI=1S/C8H9NO2S/c1-6-2-3-7(5-12)4-8(6)9(10)11/h2-4,12H,5H2,1H3. The Labute approximate surface area is 76.0 Å². The maximum atomic E-state index is 10.5. The van der Waals surface area contributed by atoms with E-state index in [0.717, 1.165) is 5.56 Å². The first kappa shape index (κ1) is 9.06. The van der Waals surface area contributed by atoms with Gasteiger partial charge in [-0.2, -0.15) is 12.6 Å². The summed E-state index contributed by atoms with van der Waals surface area (Å²) < 4.78 is 0. The molecule has 0 unspecified atom stereocenters. The zero-order valence-electron chi connectivity index (χ0n) is 6.65. The van der Waals surface area contributed by atoms with Gasteiger partial charge in [0.05, 0.1) is 4.92 Å². The number of hydrogen-bond acceptors (Lipinski definition) is 3. The molecule has 1 rings (SSSR count). The van der Waals surface area contributed by atoms with Crippen molar-refractivity contribution in [1.82, 2.24) is 0 Å². The molecule has 4 heteroatoms. The lowest BCUT2D eigenvalue weighted by molar-refractivity contribution is -0.385. The molecular weight excluding hydrogens is 174 g/mol. The third-order valence-corrected chi connectivity index (χ3v) is 2.02. The van der Waals surface area contributed by atoms with Crippen molar-refractivity contribution in [1.29, 1.82) is 0 Å². The molecule has 64 valence electrons. The van der Waals surface area contributed by atoms with E-state index in [1.807, 2.05) is 6.07 Å². The average molecular weight is 183 g/mol. The molecule has 12 heavy (non-hydrogen) atoms. The van der Waals surface area contributed by atoms with Gasteiger partial charge in [-0.05, 0) is 12.5 Å². The van der Waals surface area contributed by atoms with Gasteiger partial charge in [0.2, 0.25) is 0 Å². The first-order valence-corrected chi connectivity index (χ1v) is 4.13. The van der Waals surface area contributed by atoms with Crippen LogP contribution in [0.3, 0.4) is 0 Å². The number of benzene rings is 1. The number of nitro benzene ring substituents is 1. The number of nitro groups is 1. The van der Waals surface area contributed by atoms with Gasteiger partial charge in [0.25, 0.3) is 5.69 Å². The number of nitrogens with zero attached hydrogens (tertiary/aromatic N) is 1. The Morgan fingerprint density at radius 2 is 2.25 bits per heavy atom. The number of thiol groups is 1. The van der Waals surface area contributed by atoms with Gasteiger partial charge in [0.15, 0.2) is 0 Å². The van der Waals surface area contributed by atoms with E-state index in [9.17, 15) is 10.1 Å². The molecule has 0 aliphatic heterocycles. The van der Waals surface area contributed by atoms with E-state index in [0.29, 0.717) is 11.3 Å². The zero-order valence-corrected chi connectivity index (χ0v) is 7.54. The zero-order chi connectivity index (χ0) is 9.14. The van der Waals surface area contributed by atoms with Crippen molar-refractivity contribution in [3.05, 3.63) is 39.4 Å². The Kier molecular flexibility index (Phi) is 2.70. The lowest BCUT2D eigenvalue weighted by Gasteiger charge is -1.98. The summed E-state index contributed by atoms with van der Waals surface area (Å²) in [7, 11) is 0. The molecule has 1 aromatic carbocycles. The molecule has 0 bridgehead atoms. The Hall–Kier alpha value is -1.03. The van der Waals surface area contributed by atoms with Crippen LogP contribution >= 0.6 is 12.6 Å². The molecular formula is C8H9NO2S. The Balaban J connectivity index is 3.17. The van der Waals surface area contributed by atoms with Gasteiger partial charge in [0, 0.05) is 17.4 Å². The highest BCUT2D eigenvalue weighted by molar-refractivity contribution is 7.79. The predicted octanol–water partition coefficient (Wildman–Crippen LogP) is 2.33. The number of hydrogen-bond donors (Lipinski definition) is 1. The third-order valence-electron chi connectivity index (χ3n) is 1.65. The molecule has 0 spiro atoms. The van der Waals surface area contributed by atoms with Crippen molar-refractivity contribution in [2.75, 3.05) is 0 Å². The van der Waals surface area contributed by atoms with E-state index >= 15 is 0 Å². The molecule has 0 aromatic heterocycles. The second-order valence-electron chi connectivity index (χ2n) is 2.54. The van der Waals surface area contributed by atoms with Crippen LogP contribution in [0.15, 0.2) is 18.2 Å². The molecule has 1 aromatic rings. The molecule has 0 saturated heterocycles. The van der Waals surface area contributed by atoms with Crippen molar-refractivity contribution in [2.45, 2.75) is 12.7 Å². The van der Waals surface area contributed by atoms with E-state index < -0.39 is 0 Å². The highest BCUT2D eigenvalue weighted by atomic mass is 32.1. The fraction of sp³-hybridized carbons (Fsp3) is 0.250. The van der Waals surface area contributed by atoms with Gasteiger partial charge in [-0.3, -0.25) is 10.1 Å². The molecule has 0 fully saturated rings. The number of rotatable bonds is 2. The van der Waals surface area contributed by atoms with Crippen LogP contribution in [0.1, 0.15) is 11.1 Å². The Morgan fingerprint density at radius 1 is 1.58 bits per heavy atom. The minimum atomic E-state index is -0.373. The topological polar surface area (TPSA) is 43.1 Å². The Morgan fingerprint density at radius 3 is 2.75 bits per heavy atom. The maximum Gasteiger partial charge on any atom is 0.272 e. The molecule has 0 amide bonds. The van der Waals surface area contributed by atoms with E-state index in [1.165, 1.54) is 0 Å². The molecule has 0 radical (unpaired) electrons. The first-order chi connectivity index (χ1) is 5.65. The highest BCUT2D eigenvalue weighted by Gasteiger charge is 2.09. The molecule has 0 atom stereocenters. The van der Waals surface area contributed by atoms with E-state index in [-0.39, 0.29) is 10.6 Å². The van der Waals surface area contributed by atoms with Crippen LogP contribution in [-0.4, -0.2) is 4.92 Å². The molecule has 0 saturated carbocycles. The van der Waals surface area contributed by atoms with Crippen LogP contribution in [-0.2, 0) is 5.75 Å². The van der Waals surface area contributed by atoms with Crippen molar-refractivity contribution in [3.8, 4) is 0 Å². The minimum absolute atomic E-state index is 0.168. The van der Waals surface area contributed by atoms with Crippen LogP contribution in [0.25, 0.3) is 0 Å². The first-order valence-electron chi connectivity index (χ1n) is 3.50. The summed E-state index contributed by atoms with van der Waals surface area (Å²) in [5.41, 5.74) is 1.72. The molecule has 3 nitrogen and oxygen atoms in total. The fourth-order valence-electron chi connectivity index (χ4n) is 0.950. The highest BCUT2D eigenvalue weighted by Crippen LogP contribution is 2.19. The summed E-state index contributed by atoms with van der Waals surface area (Å²) in [6.45, 7) is 1.72. The smallest absolute Gasteiger partial charge is 0.258 e. The molecule has 0 N–H and O–H groups in total. The molecule has 0 aliphatic carbocycles. The predicted molar refractivity (Wildman–Crippen MR) is 50.5 cm³/mol. The third kappa shape index (κ3) is 1.76. The average Bonchev–Trinajstić information content (AvgIpc) is 2.05. The SMILES string of the molecule is Cc1ccc(CS)cc1[N+](=O)[O-]. The van der Waals surface area contributed by atoms with Crippen molar-refractivity contribution in [3.63, 3.8) is 0 Å². The normalized spacial score (nSPS) is 9.83. The van der Waals surface area contributed by atoms with Gasteiger partial charge in [-0.1, -0.05) is 12.1 Å². The second kappa shape index (κ2) is 3.58. The van der Waals surface area contributed by atoms with Crippen molar-refractivity contribution >= 4 is 18.3 Å². The van der Waals surface area contributed by atoms with Crippen LogP contribution in [0, 0.1) is 17.0 Å². The monoisotopic (exact) mass is 183 g/mol. The summed E-state index contributed by atoms with van der Waals surface area (Å²) in [6, 6.07) is 5.14. The lowest BCUT2D eigenvalue weighted by atomic mass is 10.1. The number of aryl methyl sites for hydroxylation is 1. The molecule has 0 aliphatic rings. The Bertz CT molecular complexity index is 312. The van der Waals surface area contributed by atoms with Crippen molar-refractivity contribution < 1.29 is 4.92 Å². The van der Waals surface area contributed by atoms with Gasteiger partial charge >= 0.3 is 0 Å². The molecule has 0 heterocycles.